The van der Waals surface area contributed by atoms with Crippen molar-refractivity contribution in [2.75, 3.05) is 0 Å². The molecule has 0 spiro atoms. The van der Waals surface area contributed by atoms with Gasteiger partial charge in [0, 0.05) is 27.7 Å². The minimum absolute atomic E-state index is 0.0594. The summed E-state index contributed by atoms with van der Waals surface area (Å²) in [7, 11) is 0. The molecule has 0 aliphatic heterocycles. The Labute approximate surface area is 266 Å². The third kappa shape index (κ3) is 8.93. The normalized spacial score (nSPS) is 10.7. The minimum Gasteiger partial charge on any atom is -0.458 e. The molecular formula is C36H32O10. The first-order chi connectivity index (χ1) is 21.8. The number of hydrogen-bond acceptors (Lipinski definition) is 10. The molecule has 0 aliphatic carbocycles. The Bertz CT molecular complexity index is 1820. The third-order valence-electron chi connectivity index (χ3n) is 5.87. The summed E-state index contributed by atoms with van der Waals surface area (Å²) in [5.41, 5.74) is 2.04. The van der Waals surface area contributed by atoms with Crippen molar-refractivity contribution in [3.8, 4) is 34.1 Å². The van der Waals surface area contributed by atoms with Gasteiger partial charge in [0.15, 0.2) is 23.0 Å². The first-order valence-corrected chi connectivity index (χ1v) is 13.6. The van der Waals surface area contributed by atoms with Crippen LogP contribution in [0.2, 0.25) is 0 Å². The lowest BCUT2D eigenvalue weighted by Crippen LogP contribution is -2.09. The van der Waals surface area contributed by atoms with E-state index in [-0.39, 0.29) is 45.3 Å². The van der Waals surface area contributed by atoms with E-state index in [9.17, 15) is 19.2 Å². The van der Waals surface area contributed by atoms with E-state index >= 15 is 0 Å². The van der Waals surface area contributed by atoms with Gasteiger partial charge in [0.2, 0.25) is 0 Å². The molecule has 3 rings (SSSR count). The fourth-order valence-corrected chi connectivity index (χ4v) is 3.57. The molecule has 10 nitrogen and oxygen atoms in total. The van der Waals surface area contributed by atoms with Crippen molar-refractivity contribution in [3.63, 3.8) is 0 Å². The van der Waals surface area contributed by atoms with Crippen LogP contribution in [0.15, 0.2) is 122 Å². The monoisotopic (exact) mass is 624 g/mol. The standard InChI is InChI=1S/C36H32O10/c1-21(2)33(37)43-18-16-41-29-14-12-25(20-31(29)46-36(40)24(7)8)26-10-9-11-28-27(26)13-15-30(45-35(39)23(5)6)32(28)42-17-19-44-34(38)22(3)4/h9-20H,1,3,5,7H2,2,4,6,8H3. The zero-order valence-electron chi connectivity index (χ0n) is 25.8. The Morgan fingerprint density at radius 2 is 1.07 bits per heavy atom. The van der Waals surface area contributed by atoms with Crippen molar-refractivity contribution in [1.29, 1.82) is 0 Å². The van der Waals surface area contributed by atoms with Crippen LogP contribution in [0.5, 0.6) is 23.0 Å². The van der Waals surface area contributed by atoms with Gasteiger partial charge in [-0.1, -0.05) is 50.6 Å². The molecule has 0 radical (unpaired) electrons. The van der Waals surface area contributed by atoms with Crippen molar-refractivity contribution in [1.82, 2.24) is 0 Å². The largest absolute Gasteiger partial charge is 0.458 e. The van der Waals surface area contributed by atoms with Crippen LogP contribution < -0.4 is 18.9 Å². The number of hydrogen-bond donors (Lipinski definition) is 0. The average molecular weight is 625 g/mol. The maximum atomic E-state index is 12.5. The molecular weight excluding hydrogens is 592 g/mol. The Hall–Kier alpha value is -6.16. The summed E-state index contributed by atoms with van der Waals surface area (Å²) in [6.45, 7) is 20.3. The van der Waals surface area contributed by atoms with Gasteiger partial charge in [-0.25, -0.2) is 19.2 Å². The number of fused-ring (bicyclic) bond motifs is 1. The molecule has 0 saturated carbocycles. The first-order valence-electron chi connectivity index (χ1n) is 13.6. The summed E-state index contributed by atoms with van der Waals surface area (Å²) in [5, 5.41) is 1.20. The first kappa shape index (κ1) is 34.3. The Kier molecular flexibility index (Phi) is 11.6. The van der Waals surface area contributed by atoms with Gasteiger partial charge >= 0.3 is 23.9 Å². The van der Waals surface area contributed by atoms with Gasteiger partial charge in [-0.2, -0.15) is 0 Å². The molecule has 0 amide bonds. The number of esters is 4. The molecule has 0 aliphatic rings. The van der Waals surface area contributed by atoms with E-state index in [1.54, 1.807) is 42.5 Å². The van der Waals surface area contributed by atoms with Gasteiger partial charge in [0.1, 0.15) is 25.0 Å². The number of carbonyl (C=O) groups is 4. The highest BCUT2D eigenvalue weighted by molar-refractivity contribution is 6.02. The van der Waals surface area contributed by atoms with Crippen molar-refractivity contribution in [3.05, 3.63) is 122 Å². The SMILES string of the molecule is C=C(C)C(=O)OC=COc1ccc(-c2cccc3c(OC=COC(=O)C(=C)C)c(OC(=O)C(=C)C)ccc23)cc1OC(=O)C(=C)C. The van der Waals surface area contributed by atoms with Crippen LogP contribution in [-0.2, 0) is 28.7 Å². The van der Waals surface area contributed by atoms with E-state index in [0.717, 1.165) is 25.0 Å². The summed E-state index contributed by atoms with van der Waals surface area (Å²) in [6.07, 6.45) is 4.32. The zero-order valence-corrected chi connectivity index (χ0v) is 25.8. The molecule has 236 valence electrons. The summed E-state index contributed by atoms with van der Waals surface area (Å²) >= 11 is 0. The predicted molar refractivity (Wildman–Crippen MR) is 172 cm³/mol. The molecule has 3 aromatic carbocycles. The maximum Gasteiger partial charge on any atom is 0.338 e. The molecule has 0 saturated heterocycles. The van der Waals surface area contributed by atoms with Gasteiger partial charge in [0.25, 0.3) is 0 Å². The van der Waals surface area contributed by atoms with Crippen LogP contribution in [0, 0.1) is 0 Å². The highest BCUT2D eigenvalue weighted by Gasteiger charge is 2.18. The topological polar surface area (TPSA) is 124 Å². The van der Waals surface area contributed by atoms with E-state index in [1.807, 2.05) is 6.07 Å². The lowest BCUT2D eigenvalue weighted by molar-refractivity contribution is -0.134. The Morgan fingerprint density at radius 3 is 1.63 bits per heavy atom. The second-order valence-corrected chi connectivity index (χ2v) is 9.95. The molecule has 0 unspecified atom stereocenters. The van der Waals surface area contributed by atoms with Crippen LogP contribution in [0.1, 0.15) is 27.7 Å². The van der Waals surface area contributed by atoms with Crippen molar-refractivity contribution < 1.29 is 47.6 Å². The number of ether oxygens (including phenoxy) is 6. The van der Waals surface area contributed by atoms with E-state index in [1.165, 1.54) is 27.7 Å². The zero-order chi connectivity index (χ0) is 34.0. The fourth-order valence-electron chi connectivity index (χ4n) is 3.57. The Balaban J connectivity index is 2.09. The molecule has 3 aromatic rings. The van der Waals surface area contributed by atoms with Crippen LogP contribution in [-0.4, -0.2) is 23.9 Å². The lowest BCUT2D eigenvalue weighted by atomic mass is 9.97. The average Bonchev–Trinajstić information content (AvgIpc) is 3.01. The second kappa shape index (κ2) is 15.5. The van der Waals surface area contributed by atoms with Crippen LogP contribution in [0.3, 0.4) is 0 Å². The third-order valence-corrected chi connectivity index (χ3v) is 5.87. The quantitative estimate of drug-likeness (QED) is 0.0822. The molecule has 10 heteroatoms. The van der Waals surface area contributed by atoms with Gasteiger partial charge in [-0.05, 0) is 68.5 Å². The molecule has 0 bridgehead atoms. The van der Waals surface area contributed by atoms with Crippen LogP contribution >= 0.6 is 0 Å². The fraction of sp³-hybridized carbons (Fsp3) is 0.111. The van der Waals surface area contributed by atoms with Gasteiger partial charge in [-0.15, -0.1) is 0 Å². The second-order valence-electron chi connectivity index (χ2n) is 9.95. The van der Waals surface area contributed by atoms with E-state index in [0.29, 0.717) is 21.9 Å². The molecule has 0 N–H and O–H groups in total. The lowest BCUT2D eigenvalue weighted by Gasteiger charge is -2.16. The smallest absolute Gasteiger partial charge is 0.338 e. The molecule has 0 aromatic heterocycles. The Morgan fingerprint density at radius 1 is 0.543 bits per heavy atom. The molecule has 0 atom stereocenters. The number of carbonyl (C=O) groups excluding carboxylic acids is 4. The van der Waals surface area contributed by atoms with Crippen molar-refractivity contribution in [2.45, 2.75) is 27.7 Å². The highest BCUT2D eigenvalue weighted by Crippen LogP contribution is 2.42. The summed E-state index contributed by atoms with van der Waals surface area (Å²) < 4.78 is 32.3. The van der Waals surface area contributed by atoms with Crippen molar-refractivity contribution >= 4 is 34.6 Å². The highest BCUT2D eigenvalue weighted by atomic mass is 16.6. The van der Waals surface area contributed by atoms with Gasteiger partial charge < -0.3 is 28.4 Å². The summed E-state index contributed by atoms with van der Waals surface area (Å²) in [4.78, 5) is 48.2. The molecule has 46 heavy (non-hydrogen) atoms. The van der Waals surface area contributed by atoms with Crippen LogP contribution in [0.4, 0.5) is 0 Å². The maximum absolute atomic E-state index is 12.5. The molecule has 0 heterocycles. The van der Waals surface area contributed by atoms with Gasteiger partial charge in [0.05, 0.1) is 0 Å². The minimum atomic E-state index is -0.684. The predicted octanol–water partition coefficient (Wildman–Crippen LogP) is 7.41. The van der Waals surface area contributed by atoms with Gasteiger partial charge in [-0.3, -0.25) is 0 Å². The van der Waals surface area contributed by atoms with Crippen LogP contribution in [0.25, 0.3) is 21.9 Å². The van der Waals surface area contributed by atoms with E-state index < -0.39 is 23.9 Å². The summed E-state index contributed by atoms with van der Waals surface area (Å²) in [5.74, 6) is -2.18. The van der Waals surface area contributed by atoms with E-state index in [4.69, 9.17) is 28.4 Å². The van der Waals surface area contributed by atoms with Crippen molar-refractivity contribution in [2.24, 2.45) is 0 Å². The number of benzene rings is 3. The molecule has 0 fully saturated rings. The van der Waals surface area contributed by atoms with E-state index in [2.05, 4.69) is 26.3 Å². The summed E-state index contributed by atoms with van der Waals surface area (Å²) in [6, 6.07) is 13.5. The number of rotatable bonds is 13.